The molecular formula is C28H28N2O4. The van der Waals surface area contributed by atoms with Gasteiger partial charge >= 0.3 is 0 Å². The van der Waals surface area contributed by atoms with E-state index in [4.69, 9.17) is 4.74 Å². The third-order valence-electron chi connectivity index (χ3n) is 6.27. The van der Waals surface area contributed by atoms with Gasteiger partial charge in [0.05, 0.1) is 13.2 Å². The van der Waals surface area contributed by atoms with Gasteiger partial charge in [-0.3, -0.25) is 14.9 Å². The number of methoxy groups -OCH3 is 1. The maximum absolute atomic E-state index is 11.8. The van der Waals surface area contributed by atoms with Crippen LogP contribution in [-0.2, 0) is 0 Å². The van der Waals surface area contributed by atoms with E-state index >= 15 is 0 Å². The normalized spacial score (nSPS) is 12.9. The minimum Gasteiger partial charge on any atom is -0.502 e. The number of aryl methyl sites for hydroxylation is 2. The summed E-state index contributed by atoms with van der Waals surface area (Å²) in [6, 6.07) is 21.8. The van der Waals surface area contributed by atoms with Crippen LogP contribution in [0.2, 0.25) is 0 Å². The van der Waals surface area contributed by atoms with Gasteiger partial charge in [0.25, 0.3) is 10.9 Å². The number of benzene rings is 3. The van der Waals surface area contributed by atoms with Crippen molar-refractivity contribution in [3.05, 3.63) is 115 Å². The fourth-order valence-electron chi connectivity index (χ4n) is 4.00. The average molecular weight is 457 g/mol. The van der Waals surface area contributed by atoms with Gasteiger partial charge in [0.2, 0.25) is 0 Å². The topological polar surface area (TPSA) is 87.7 Å². The van der Waals surface area contributed by atoms with E-state index in [-0.39, 0.29) is 17.8 Å². The molecule has 0 fully saturated rings. The summed E-state index contributed by atoms with van der Waals surface area (Å²) in [6.45, 7) is 6.34. The fourth-order valence-corrected chi connectivity index (χ4v) is 4.00. The second kappa shape index (κ2) is 9.53. The van der Waals surface area contributed by atoms with Crippen molar-refractivity contribution in [2.24, 2.45) is 0 Å². The molecule has 4 aromatic rings. The molecule has 34 heavy (non-hydrogen) atoms. The highest BCUT2D eigenvalue weighted by atomic mass is 16.5. The highest BCUT2D eigenvalue weighted by molar-refractivity contribution is 5.69. The first-order valence-corrected chi connectivity index (χ1v) is 11.1. The molecule has 6 heteroatoms. The number of anilines is 2. The Morgan fingerprint density at radius 3 is 2.18 bits per heavy atom. The van der Waals surface area contributed by atoms with E-state index in [2.05, 4.69) is 49.6 Å². The first kappa shape index (κ1) is 23.3. The molecule has 0 saturated heterocycles. The molecule has 4 rings (SSSR count). The Hall–Kier alpha value is -3.90. The van der Waals surface area contributed by atoms with Gasteiger partial charge in [-0.25, -0.2) is 0 Å². The molecule has 0 aliphatic carbocycles. The quantitative estimate of drug-likeness (QED) is 0.330. The van der Waals surface area contributed by atoms with Crippen molar-refractivity contribution in [1.29, 1.82) is 0 Å². The minimum absolute atomic E-state index is 0.0561. The van der Waals surface area contributed by atoms with Crippen LogP contribution in [0.3, 0.4) is 0 Å². The molecule has 0 aliphatic heterocycles. The first-order chi connectivity index (χ1) is 16.3. The SMILES string of the molecule is COc1ccc(C(NC(C)c2ccc(C)c(C)c2)c2cccc(Nc3c(O)c(=O)c3=O)c2)cc1. The van der Waals surface area contributed by atoms with Crippen LogP contribution in [0.1, 0.15) is 46.8 Å². The van der Waals surface area contributed by atoms with Crippen LogP contribution in [0, 0.1) is 13.8 Å². The molecule has 2 atom stereocenters. The Balaban J connectivity index is 1.68. The molecule has 0 saturated carbocycles. The second-order valence-electron chi connectivity index (χ2n) is 8.57. The lowest BCUT2D eigenvalue weighted by Crippen LogP contribution is -2.32. The maximum Gasteiger partial charge on any atom is 0.271 e. The van der Waals surface area contributed by atoms with Crippen LogP contribution in [0.15, 0.2) is 76.3 Å². The monoisotopic (exact) mass is 456 g/mol. The van der Waals surface area contributed by atoms with E-state index in [9.17, 15) is 14.7 Å². The van der Waals surface area contributed by atoms with E-state index in [1.807, 2.05) is 42.5 Å². The van der Waals surface area contributed by atoms with Gasteiger partial charge in [-0.2, -0.15) is 0 Å². The molecular weight excluding hydrogens is 428 g/mol. The fraction of sp³-hybridized carbons (Fsp3) is 0.214. The van der Waals surface area contributed by atoms with Gasteiger partial charge in [-0.05, 0) is 72.9 Å². The lowest BCUT2D eigenvalue weighted by atomic mass is 9.95. The Kier molecular flexibility index (Phi) is 6.52. The third kappa shape index (κ3) is 4.58. The number of nitrogens with one attached hydrogen (secondary N) is 2. The zero-order chi connectivity index (χ0) is 24.4. The van der Waals surface area contributed by atoms with Crippen molar-refractivity contribution in [2.45, 2.75) is 32.9 Å². The highest BCUT2D eigenvalue weighted by Crippen LogP contribution is 2.30. The largest absolute Gasteiger partial charge is 0.502 e. The van der Waals surface area contributed by atoms with Crippen LogP contribution in [0.5, 0.6) is 11.5 Å². The lowest BCUT2D eigenvalue weighted by Gasteiger charge is -2.26. The smallest absolute Gasteiger partial charge is 0.271 e. The lowest BCUT2D eigenvalue weighted by molar-refractivity contribution is 0.414. The molecule has 0 bridgehead atoms. The summed E-state index contributed by atoms with van der Waals surface area (Å²) in [6.07, 6.45) is 0. The van der Waals surface area contributed by atoms with E-state index in [0.29, 0.717) is 5.69 Å². The molecule has 0 amide bonds. The van der Waals surface area contributed by atoms with E-state index in [1.165, 1.54) is 16.7 Å². The first-order valence-electron chi connectivity index (χ1n) is 11.1. The molecule has 0 heterocycles. The highest BCUT2D eigenvalue weighted by Gasteiger charge is 2.22. The Bertz CT molecular complexity index is 1390. The molecule has 0 spiro atoms. The molecule has 174 valence electrons. The van der Waals surface area contributed by atoms with E-state index < -0.39 is 16.6 Å². The van der Waals surface area contributed by atoms with Crippen molar-refractivity contribution < 1.29 is 9.84 Å². The van der Waals surface area contributed by atoms with Crippen molar-refractivity contribution in [1.82, 2.24) is 5.32 Å². The standard InChI is InChI=1S/C28H28N2O4/c1-16-8-9-20(14-17(16)2)18(3)29-24(19-10-12-23(34-4)13-11-19)21-6-5-7-22(15-21)30-25-26(31)28(33)27(25)32/h5-15,18,24,29-31H,1-4H3. The summed E-state index contributed by atoms with van der Waals surface area (Å²) in [5.41, 5.74) is 4.65. The Labute approximate surface area is 198 Å². The van der Waals surface area contributed by atoms with Crippen LogP contribution in [-0.4, -0.2) is 12.2 Å². The summed E-state index contributed by atoms with van der Waals surface area (Å²) >= 11 is 0. The summed E-state index contributed by atoms with van der Waals surface area (Å²) < 4.78 is 5.32. The maximum atomic E-state index is 11.8. The van der Waals surface area contributed by atoms with Crippen molar-refractivity contribution in [3.63, 3.8) is 0 Å². The molecule has 0 aromatic heterocycles. The van der Waals surface area contributed by atoms with Crippen LogP contribution < -0.4 is 26.2 Å². The second-order valence-corrected chi connectivity index (χ2v) is 8.57. The average Bonchev–Trinajstić information content (AvgIpc) is 2.87. The van der Waals surface area contributed by atoms with Gasteiger partial charge in [0.1, 0.15) is 11.4 Å². The predicted octanol–water partition coefficient (Wildman–Crippen LogP) is 4.80. The summed E-state index contributed by atoms with van der Waals surface area (Å²) in [4.78, 5) is 23.1. The zero-order valence-corrected chi connectivity index (χ0v) is 19.7. The van der Waals surface area contributed by atoms with Gasteiger partial charge in [-0.15, -0.1) is 0 Å². The third-order valence-corrected chi connectivity index (χ3v) is 6.27. The van der Waals surface area contributed by atoms with E-state index in [1.54, 1.807) is 13.2 Å². The van der Waals surface area contributed by atoms with Crippen molar-refractivity contribution in [3.8, 4) is 11.5 Å². The molecule has 2 unspecified atom stereocenters. The van der Waals surface area contributed by atoms with Crippen LogP contribution in [0.4, 0.5) is 11.4 Å². The summed E-state index contributed by atoms with van der Waals surface area (Å²) in [5.74, 6) is 0.249. The van der Waals surface area contributed by atoms with Gasteiger partial charge in [0, 0.05) is 11.7 Å². The van der Waals surface area contributed by atoms with E-state index in [0.717, 1.165) is 16.9 Å². The summed E-state index contributed by atoms with van der Waals surface area (Å²) in [5, 5.41) is 16.3. The Morgan fingerprint density at radius 1 is 0.824 bits per heavy atom. The van der Waals surface area contributed by atoms with Gasteiger partial charge < -0.3 is 15.2 Å². The van der Waals surface area contributed by atoms with Gasteiger partial charge in [0.15, 0.2) is 5.75 Å². The molecule has 4 aromatic carbocycles. The summed E-state index contributed by atoms with van der Waals surface area (Å²) in [7, 11) is 1.64. The molecule has 6 nitrogen and oxygen atoms in total. The number of aromatic hydroxyl groups is 1. The molecule has 0 radical (unpaired) electrons. The Morgan fingerprint density at radius 2 is 1.53 bits per heavy atom. The molecule has 3 N–H and O–H groups in total. The van der Waals surface area contributed by atoms with Gasteiger partial charge in [-0.1, -0.05) is 42.5 Å². The zero-order valence-electron chi connectivity index (χ0n) is 19.7. The van der Waals surface area contributed by atoms with Crippen LogP contribution >= 0.6 is 0 Å². The number of rotatable bonds is 8. The minimum atomic E-state index is -0.862. The number of hydrogen-bond donors (Lipinski definition) is 3. The predicted molar refractivity (Wildman–Crippen MR) is 135 cm³/mol. The van der Waals surface area contributed by atoms with Crippen molar-refractivity contribution in [2.75, 3.05) is 12.4 Å². The van der Waals surface area contributed by atoms with Crippen molar-refractivity contribution >= 4 is 11.4 Å². The molecule has 0 aliphatic rings. The number of hydrogen-bond acceptors (Lipinski definition) is 6. The number of ether oxygens (including phenoxy) is 1. The van der Waals surface area contributed by atoms with Crippen LogP contribution in [0.25, 0.3) is 0 Å².